The Labute approximate surface area is 216 Å². The molecule has 10 atom stereocenters. The number of hydrogen-bond acceptors (Lipinski definition) is 15. The summed E-state index contributed by atoms with van der Waals surface area (Å²) in [5.74, 6) is 2.52. The molecule has 4 rings (SSSR count). The fraction of sp³-hybridized carbons (Fsp3) is 0.714. The lowest BCUT2D eigenvalue weighted by atomic mass is 9.98. The molecular formula is C21H31N7O10. The molecular weight excluding hydrogens is 510 g/mol. The van der Waals surface area contributed by atoms with E-state index in [-0.39, 0.29) is 19.6 Å². The zero-order chi connectivity index (χ0) is 27.6. The number of terminal acetylenes is 1. The van der Waals surface area contributed by atoms with Crippen molar-refractivity contribution in [2.75, 3.05) is 19.8 Å². The van der Waals surface area contributed by atoms with Crippen LogP contribution in [0.1, 0.15) is 23.8 Å². The summed E-state index contributed by atoms with van der Waals surface area (Å²) in [5, 5.41) is 95.3. The quantitative estimate of drug-likeness (QED) is 0.138. The molecule has 0 amide bonds. The standard InChI is InChI=1S/C21H31N7O10/c1-2-3-26(4-10-6-27(24-22-10)20-18(35)16(33)14(31)12(8-29)37-20)5-11-7-28(25-23-11)21-19(36)17(34)15(32)13(9-30)38-21/h1,6-7,12-21,29-36H,3-5,8-9H2/t12-,13-,14-,15-,16+,17+,18+,19+,20+,21?/m1/s1. The van der Waals surface area contributed by atoms with Gasteiger partial charge in [-0.3, -0.25) is 4.90 Å². The van der Waals surface area contributed by atoms with Crippen LogP contribution < -0.4 is 0 Å². The second-order valence-electron chi connectivity index (χ2n) is 9.17. The molecule has 0 saturated carbocycles. The number of aliphatic hydroxyl groups excluding tert-OH is 8. The largest absolute Gasteiger partial charge is 0.394 e. The molecule has 0 spiro atoms. The molecule has 2 fully saturated rings. The first-order valence-corrected chi connectivity index (χ1v) is 11.8. The van der Waals surface area contributed by atoms with E-state index in [0.717, 1.165) is 0 Å². The van der Waals surface area contributed by atoms with Gasteiger partial charge >= 0.3 is 0 Å². The summed E-state index contributed by atoms with van der Waals surface area (Å²) in [6, 6.07) is 0. The Hall–Kier alpha value is -2.60. The topological polar surface area (TPSA) is 245 Å². The van der Waals surface area contributed by atoms with Crippen molar-refractivity contribution < 1.29 is 50.3 Å². The minimum Gasteiger partial charge on any atom is -0.394 e. The SMILES string of the molecule is C#CCN(Cc1cn(C2O[C@H](CO)[C@@H](O)[C@H](O)[C@@H]2O)nn1)Cc1cn([C@H]2O[C@H](CO)[C@@H](O)[C@H](O)[C@@H]2O)nn1. The van der Waals surface area contributed by atoms with E-state index in [0.29, 0.717) is 11.4 Å². The fourth-order valence-corrected chi connectivity index (χ4v) is 4.38. The first-order chi connectivity index (χ1) is 18.2. The van der Waals surface area contributed by atoms with Crippen LogP contribution in [0.3, 0.4) is 0 Å². The van der Waals surface area contributed by atoms with Gasteiger partial charge in [-0.15, -0.1) is 16.6 Å². The van der Waals surface area contributed by atoms with Gasteiger partial charge in [0.1, 0.15) is 48.8 Å². The van der Waals surface area contributed by atoms with Gasteiger partial charge in [-0.05, 0) is 0 Å². The van der Waals surface area contributed by atoms with Crippen LogP contribution in [0.15, 0.2) is 12.4 Å². The first-order valence-electron chi connectivity index (χ1n) is 11.8. The molecule has 38 heavy (non-hydrogen) atoms. The predicted octanol–water partition coefficient (Wildman–Crippen LogP) is -5.55. The molecule has 0 radical (unpaired) electrons. The first kappa shape index (κ1) is 28.4. The van der Waals surface area contributed by atoms with Gasteiger partial charge in [0.25, 0.3) is 0 Å². The van der Waals surface area contributed by atoms with Gasteiger partial charge in [0.15, 0.2) is 12.5 Å². The third-order valence-corrected chi connectivity index (χ3v) is 6.46. The van der Waals surface area contributed by atoms with Crippen LogP contribution in [0.5, 0.6) is 0 Å². The second kappa shape index (κ2) is 12.1. The highest BCUT2D eigenvalue weighted by atomic mass is 16.6. The lowest BCUT2D eigenvalue weighted by Gasteiger charge is -2.39. The Morgan fingerprint density at radius 3 is 1.53 bits per heavy atom. The Balaban J connectivity index is 1.43. The molecule has 4 heterocycles. The molecule has 0 aliphatic carbocycles. The van der Waals surface area contributed by atoms with Crippen LogP contribution in [-0.4, -0.2) is 144 Å². The zero-order valence-electron chi connectivity index (χ0n) is 20.1. The highest BCUT2D eigenvalue weighted by Gasteiger charge is 2.46. The maximum atomic E-state index is 10.3. The minimum absolute atomic E-state index is 0.166. The van der Waals surface area contributed by atoms with E-state index < -0.39 is 74.5 Å². The smallest absolute Gasteiger partial charge is 0.180 e. The van der Waals surface area contributed by atoms with Crippen molar-refractivity contribution in [1.29, 1.82) is 0 Å². The van der Waals surface area contributed by atoms with E-state index in [2.05, 4.69) is 26.5 Å². The summed E-state index contributed by atoms with van der Waals surface area (Å²) < 4.78 is 13.3. The van der Waals surface area contributed by atoms with Crippen molar-refractivity contribution in [1.82, 2.24) is 34.9 Å². The fourth-order valence-electron chi connectivity index (χ4n) is 4.38. The highest BCUT2D eigenvalue weighted by molar-refractivity contribution is 5.02. The van der Waals surface area contributed by atoms with Crippen LogP contribution in [-0.2, 0) is 22.6 Å². The van der Waals surface area contributed by atoms with Crippen molar-refractivity contribution >= 4 is 0 Å². The average molecular weight is 542 g/mol. The molecule has 2 aliphatic heterocycles. The lowest BCUT2D eigenvalue weighted by molar-refractivity contribution is -0.254. The normalized spacial score (nSPS) is 35.9. The van der Waals surface area contributed by atoms with Gasteiger partial charge in [-0.2, -0.15) is 0 Å². The third kappa shape index (κ3) is 5.70. The van der Waals surface area contributed by atoms with E-state index in [9.17, 15) is 40.9 Å². The van der Waals surface area contributed by atoms with Gasteiger partial charge in [0.05, 0.1) is 43.5 Å². The van der Waals surface area contributed by atoms with Crippen molar-refractivity contribution in [3.63, 3.8) is 0 Å². The molecule has 0 bridgehead atoms. The monoisotopic (exact) mass is 541 g/mol. The van der Waals surface area contributed by atoms with Crippen LogP contribution in [0.4, 0.5) is 0 Å². The molecule has 1 unspecified atom stereocenters. The summed E-state index contributed by atoms with van der Waals surface area (Å²) in [6.07, 6.45) is -5.38. The summed E-state index contributed by atoms with van der Waals surface area (Å²) in [5.41, 5.74) is 0.831. The van der Waals surface area contributed by atoms with Crippen molar-refractivity contribution in [2.24, 2.45) is 0 Å². The maximum absolute atomic E-state index is 10.3. The van der Waals surface area contributed by atoms with Crippen LogP contribution in [0.2, 0.25) is 0 Å². The molecule has 2 saturated heterocycles. The molecule has 17 nitrogen and oxygen atoms in total. The Bertz CT molecular complexity index is 1010. The minimum atomic E-state index is -1.57. The van der Waals surface area contributed by atoms with Crippen molar-refractivity contribution in [2.45, 2.75) is 74.4 Å². The van der Waals surface area contributed by atoms with Gasteiger partial charge in [0, 0.05) is 13.1 Å². The molecule has 2 aromatic heterocycles. The van der Waals surface area contributed by atoms with Gasteiger partial charge < -0.3 is 50.3 Å². The number of hydrogen-bond donors (Lipinski definition) is 8. The van der Waals surface area contributed by atoms with Gasteiger partial charge in [0.2, 0.25) is 0 Å². The van der Waals surface area contributed by atoms with Crippen molar-refractivity contribution in [3.05, 3.63) is 23.8 Å². The van der Waals surface area contributed by atoms with Crippen LogP contribution in [0.25, 0.3) is 0 Å². The van der Waals surface area contributed by atoms with Crippen LogP contribution >= 0.6 is 0 Å². The van der Waals surface area contributed by atoms with Crippen LogP contribution in [0, 0.1) is 12.3 Å². The number of rotatable bonds is 9. The third-order valence-electron chi connectivity index (χ3n) is 6.46. The van der Waals surface area contributed by atoms with E-state index in [1.54, 1.807) is 4.90 Å². The summed E-state index contributed by atoms with van der Waals surface area (Å²) in [7, 11) is 0. The van der Waals surface area contributed by atoms with E-state index in [1.807, 2.05) is 0 Å². The molecule has 8 N–H and O–H groups in total. The highest BCUT2D eigenvalue weighted by Crippen LogP contribution is 2.29. The number of nitrogens with zero attached hydrogens (tertiary/aromatic N) is 7. The Morgan fingerprint density at radius 2 is 1.16 bits per heavy atom. The van der Waals surface area contributed by atoms with Crippen molar-refractivity contribution in [3.8, 4) is 12.3 Å². The molecule has 2 aliphatic rings. The average Bonchev–Trinajstić information content (AvgIpc) is 3.56. The number of ether oxygens (including phenoxy) is 2. The second-order valence-corrected chi connectivity index (χ2v) is 9.17. The number of aliphatic hydroxyl groups is 8. The number of aromatic nitrogens is 6. The van der Waals surface area contributed by atoms with Gasteiger partial charge in [-0.1, -0.05) is 16.3 Å². The Morgan fingerprint density at radius 1 is 0.737 bits per heavy atom. The molecule has 0 aromatic carbocycles. The predicted molar refractivity (Wildman–Crippen MR) is 121 cm³/mol. The summed E-state index contributed by atoms with van der Waals surface area (Å²) >= 11 is 0. The lowest BCUT2D eigenvalue weighted by Crippen LogP contribution is -2.56. The maximum Gasteiger partial charge on any atom is 0.180 e. The van der Waals surface area contributed by atoms with Gasteiger partial charge in [-0.25, -0.2) is 9.36 Å². The Kier molecular flexibility index (Phi) is 9.02. The van der Waals surface area contributed by atoms with E-state index in [1.165, 1.54) is 21.8 Å². The molecule has 210 valence electrons. The molecule has 17 heteroatoms. The summed E-state index contributed by atoms with van der Waals surface area (Å²) in [6.45, 7) is -0.644. The van der Waals surface area contributed by atoms with E-state index in [4.69, 9.17) is 15.9 Å². The summed E-state index contributed by atoms with van der Waals surface area (Å²) in [4.78, 5) is 1.75. The zero-order valence-corrected chi connectivity index (χ0v) is 20.1. The molecule has 2 aromatic rings. The van der Waals surface area contributed by atoms with E-state index >= 15 is 0 Å².